The van der Waals surface area contributed by atoms with Crippen LogP contribution in [0.1, 0.15) is 44.9 Å². The summed E-state index contributed by atoms with van der Waals surface area (Å²) >= 11 is 0. The third-order valence-corrected chi connectivity index (χ3v) is 4.83. The Labute approximate surface area is 146 Å². The zero-order valence-electron chi connectivity index (χ0n) is 14.4. The van der Waals surface area contributed by atoms with Gasteiger partial charge < -0.3 is 25.5 Å². The number of hydrazone groups is 1. The Bertz CT molecular complexity index is 529. The van der Waals surface area contributed by atoms with Crippen LogP contribution in [0.2, 0.25) is 0 Å². The maximum Gasteiger partial charge on any atom is 0.394 e. The van der Waals surface area contributed by atoms with Crippen molar-refractivity contribution in [3.63, 3.8) is 0 Å². The van der Waals surface area contributed by atoms with E-state index in [0.29, 0.717) is 32.4 Å². The lowest BCUT2D eigenvalue weighted by atomic mass is 9.91. The van der Waals surface area contributed by atoms with Crippen molar-refractivity contribution in [2.24, 2.45) is 10.9 Å². The van der Waals surface area contributed by atoms with Gasteiger partial charge in [0.15, 0.2) is 0 Å². The van der Waals surface area contributed by atoms with Crippen LogP contribution < -0.4 is 5.84 Å². The third-order valence-electron chi connectivity index (χ3n) is 4.83. The molecule has 0 radical (unpaired) electrons. The number of hydrogen-bond acceptors (Lipinski definition) is 6. The molecule has 0 aromatic carbocycles. The number of piperidine rings is 1. The monoisotopic (exact) mass is 354 g/mol. The average molecular weight is 354 g/mol. The molecule has 2 fully saturated rings. The minimum Gasteiger partial charge on any atom is -0.474 e. The summed E-state index contributed by atoms with van der Waals surface area (Å²) in [6.45, 7) is 1.44. The van der Waals surface area contributed by atoms with Gasteiger partial charge in [-0.05, 0) is 32.1 Å². The summed E-state index contributed by atoms with van der Waals surface area (Å²) in [7, 11) is 0. The van der Waals surface area contributed by atoms with E-state index in [9.17, 15) is 14.4 Å². The molecule has 0 aromatic heterocycles. The van der Waals surface area contributed by atoms with Crippen molar-refractivity contribution in [3.05, 3.63) is 0 Å². The lowest BCUT2D eigenvalue weighted by Gasteiger charge is -2.38. The highest BCUT2D eigenvalue weighted by Crippen LogP contribution is 2.32. The van der Waals surface area contributed by atoms with Gasteiger partial charge in [-0.15, -0.1) is 0 Å². The number of ether oxygens (including phenoxy) is 1. The summed E-state index contributed by atoms with van der Waals surface area (Å²) in [5.41, 5.74) is -0.510. The van der Waals surface area contributed by atoms with Crippen LogP contribution >= 0.6 is 0 Å². The number of amides is 2. The van der Waals surface area contributed by atoms with E-state index in [1.807, 2.05) is 4.90 Å². The number of carbonyl (C=O) groups excluding carboxylic acids is 2. The molecule has 9 nitrogen and oxygen atoms in total. The number of carbonyl (C=O) groups is 3. The van der Waals surface area contributed by atoms with Gasteiger partial charge in [-0.1, -0.05) is 6.42 Å². The van der Waals surface area contributed by atoms with Crippen LogP contribution in [-0.2, 0) is 19.1 Å². The zero-order chi connectivity index (χ0) is 18.3. The van der Waals surface area contributed by atoms with E-state index in [4.69, 9.17) is 15.7 Å². The van der Waals surface area contributed by atoms with Crippen LogP contribution in [-0.4, -0.2) is 70.9 Å². The van der Waals surface area contributed by atoms with Gasteiger partial charge in [-0.2, -0.15) is 5.10 Å². The molecule has 2 aliphatic heterocycles. The number of hydrogen-bond donors (Lipinski definition) is 2. The fourth-order valence-electron chi connectivity index (χ4n) is 3.31. The summed E-state index contributed by atoms with van der Waals surface area (Å²) in [4.78, 5) is 37.6. The minimum atomic E-state index is -1.47. The smallest absolute Gasteiger partial charge is 0.394 e. The Morgan fingerprint density at radius 1 is 1.16 bits per heavy atom. The molecule has 2 aliphatic rings. The van der Waals surface area contributed by atoms with E-state index in [0.717, 1.165) is 25.7 Å². The lowest BCUT2D eigenvalue weighted by Crippen LogP contribution is -2.49. The van der Waals surface area contributed by atoms with Crippen molar-refractivity contribution >= 4 is 24.0 Å². The predicted octanol–water partition coefficient (Wildman–Crippen LogP) is 0.144. The van der Waals surface area contributed by atoms with Gasteiger partial charge in [0.1, 0.15) is 6.73 Å². The number of carboxylic acid groups (broad SMARTS) is 1. The predicted molar refractivity (Wildman–Crippen MR) is 89.6 cm³/mol. The molecule has 2 amide bonds. The van der Waals surface area contributed by atoms with E-state index < -0.39 is 17.5 Å². The maximum atomic E-state index is 12.2. The number of carboxylic acids is 1. The van der Waals surface area contributed by atoms with E-state index in [1.54, 1.807) is 6.21 Å². The third kappa shape index (κ3) is 5.15. The van der Waals surface area contributed by atoms with Crippen LogP contribution in [0.3, 0.4) is 0 Å². The summed E-state index contributed by atoms with van der Waals surface area (Å²) < 4.78 is 5.71. The Kier molecular flexibility index (Phi) is 6.74. The number of likely N-dealkylation sites (tertiary alicyclic amines) is 1. The van der Waals surface area contributed by atoms with E-state index >= 15 is 0 Å². The molecule has 0 bridgehead atoms. The Morgan fingerprint density at radius 3 is 2.52 bits per heavy atom. The van der Waals surface area contributed by atoms with Gasteiger partial charge in [0.25, 0.3) is 0 Å². The molecule has 25 heavy (non-hydrogen) atoms. The molecule has 0 aromatic rings. The van der Waals surface area contributed by atoms with Crippen molar-refractivity contribution in [1.82, 2.24) is 9.80 Å². The van der Waals surface area contributed by atoms with Gasteiger partial charge in [-0.3, -0.25) is 9.59 Å². The summed E-state index contributed by atoms with van der Waals surface area (Å²) in [6, 6.07) is 0. The molecular formula is C16H26N4O5. The molecule has 2 rings (SSSR count). The number of nitrogens with two attached hydrogens (primary N) is 1. The number of nitrogens with zero attached hydrogens (tertiary/aromatic N) is 3. The molecule has 3 N–H and O–H groups in total. The highest BCUT2D eigenvalue weighted by atomic mass is 16.5. The molecule has 2 heterocycles. The van der Waals surface area contributed by atoms with Gasteiger partial charge in [0.2, 0.25) is 5.91 Å². The molecule has 0 aliphatic carbocycles. The van der Waals surface area contributed by atoms with Crippen LogP contribution in [0.5, 0.6) is 0 Å². The molecular weight excluding hydrogens is 328 g/mol. The number of rotatable bonds is 6. The van der Waals surface area contributed by atoms with E-state index in [2.05, 4.69) is 5.10 Å². The van der Waals surface area contributed by atoms with Crippen LogP contribution in [0.15, 0.2) is 5.10 Å². The van der Waals surface area contributed by atoms with E-state index in [1.165, 1.54) is 4.90 Å². The maximum absolute atomic E-state index is 12.2. The molecule has 140 valence electrons. The molecule has 2 saturated heterocycles. The summed E-state index contributed by atoms with van der Waals surface area (Å²) in [6.07, 6.45) is 7.05. The minimum absolute atomic E-state index is 0.00514. The first-order valence-corrected chi connectivity index (χ1v) is 8.63. The van der Waals surface area contributed by atoms with Crippen molar-refractivity contribution in [3.8, 4) is 0 Å². The highest BCUT2D eigenvalue weighted by Gasteiger charge is 2.45. The van der Waals surface area contributed by atoms with Gasteiger partial charge in [0, 0.05) is 25.7 Å². The summed E-state index contributed by atoms with van der Waals surface area (Å²) in [5.74, 6) is 2.76. The quantitative estimate of drug-likeness (QED) is 0.230. The average Bonchev–Trinajstić information content (AvgIpc) is 3.01. The van der Waals surface area contributed by atoms with Crippen molar-refractivity contribution < 1.29 is 24.2 Å². The first-order chi connectivity index (χ1) is 12.0. The standard InChI is InChI=1S/C16H26N4O5/c17-18-8-4-2-1-3-5-13(21)19-9-6-16(7-10-19)11-20(12-25-16)14(22)15(23)24/h8H,1-7,9-12,17H2,(H,23,24). The topological polar surface area (TPSA) is 126 Å². The zero-order valence-corrected chi connectivity index (χ0v) is 14.4. The van der Waals surface area contributed by atoms with E-state index in [-0.39, 0.29) is 19.2 Å². The van der Waals surface area contributed by atoms with Gasteiger partial charge >= 0.3 is 11.9 Å². The van der Waals surface area contributed by atoms with Crippen LogP contribution in [0.25, 0.3) is 0 Å². The van der Waals surface area contributed by atoms with Gasteiger partial charge in [0.05, 0.1) is 12.1 Å². The second-order valence-corrected chi connectivity index (χ2v) is 6.58. The second kappa shape index (κ2) is 8.80. The molecule has 1 spiro atoms. The molecule has 0 unspecified atom stereocenters. The lowest BCUT2D eigenvalue weighted by molar-refractivity contribution is -0.156. The van der Waals surface area contributed by atoms with Crippen LogP contribution in [0.4, 0.5) is 0 Å². The fraction of sp³-hybridized carbons (Fsp3) is 0.750. The van der Waals surface area contributed by atoms with Crippen molar-refractivity contribution in [2.45, 2.75) is 50.5 Å². The molecule has 0 saturated carbocycles. The van der Waals surface area contributed by atoms with Crippen molar-refractivity contribution in [2.75, 3.05) is 26.4 Å². The van der Waals surface area contributed by atoms with Crippen molar-refractivity contribution in [1.29, 1.82) is 0 Å². The first kappa shape index (κ1) is 19.2. The second-order valence-electron chi connectivity index (χ2n) is 6.58. The van der Waals surface area contributed by atoms with Gasteiger partial charge in [-0.25, -0.2) is 4.79 Å². The number of unbranched alkanes of at least 4 members (excludes halogenated alkanes) is 3. The Balaban J connectivity index is 1.70. The molecule has 9 heteroatoms. The molecule has 0 atom stereocenters. The fourth-order valence-corrected chi connectivity index (χ4v) is 3.31. The number of aliphatic carboxylic acids is 1. The summed E-state index contributed by atoms with van der Waals surface area (Å²) in [5, 5.41) is 12.2. The Hall–Kier alpha value is -2.16. The first-order valence-electron chi connectivity index (χ1n) is 8.63. The highest BCUT2D eigenvalue weighted by molar-refractivity contribution is 6.31. The van der Waals surface area contributed by atoms with Crippen LogP contribution in [0, 0.1) is 0 Å². The SMILES string of the molecule is NN=CCCCCCC(=O)N1CCC2(CC1)CN(C(=O)C(=O)O)CO2. The largest absolute Gasteiger partial charge is 0.474 e. The Morgan fingerprint density at radius 2 is 1.88 bits per heavy atom. The normalized spacial score (nSPS) is 19.7.